The van der Waals surface area contributed by atoms with Crippen LogP contribution in [-0.2, 0) is 6.54 Å². The molecule has 0 bridgehead atoms. The third kappa shape index (κ3) is 4.03. The number of quaternary nitrogens is 1. The van der Waals surface area contributed by atoms with Crippen LogP contribution < -0.4 is 23.0 Å². The zero-order valence-electron chi connectivity index (χ0n) is 13.7. The lowest BCUT2D eigenvalue weighted by molar-refractivity contribution is -0.386. The summed E-state index contributed by atoms with van der Waals surface area (Å²) in [7, 11) is 0. The molecule has 0 spiro atoms. The van der Waals surface area contributed by atoms with E-state index in [0.29, 0.717) is 0 Å². The van der Waals surface area contributed by atoms with Crippen molar-refractivity contribution < 1.29 is 18.1 Å². The Morgan fingerprint density at radius 1 is 0.957 bits per heavy atom. The van der Waals surface area contributed by atoms with Crippen LogP contribution in [0.4, 0.5) is 11.4 Å². The molecular weight excluding hydrogens is 324 g/mol. The Hall–Kier alpha value is -1.16. The monoisotopic (exact) mass is 348 g/mol. The number of nitrogens with zero attached hydrogens (tertiary/aromatic N) is 1. The Labute approximate surface area is 149 Å². The van der Waals surface area contributed by atoms with Crippen molar-refractivity contribution in [2.24, 2.45) is 0 Å². The van der Waals surface area contributed by atoms with Crippen molar-refractivity contribution in [1.82, 2.24) is 0 Å². The minimum absolute atomic E-state index is 0. The number of hydrogen-bond acceptors (Lipinski definition) is 2. The summed E-state index contributed by atoms with van der Waals surface area (Å²) in [6, 6.07) is 15.6. The molecule has 0 fully saturated rings. The number of benzene rings is 2. The van der Waals surface area contributed by atoms with E-state index in [0.717, 1.165) is 13.1 Å². The molecule has 23 heavy (non-hydrogen) atoms. The third-order valence-corrected chi connectivity index (χ3v) is 5.33. The first-order chi connectivity index (χ1) is 10.8. The van der Waals surface area contributed by atoms with Crippen LogP contribution in [0.15, 0.2) is 52.3 Å². The first-order valence-corrected chi connectivity index (χ1v) is 9.11. The third-order valence-electron chi connectivity index (χ3n) is 4.21. The molecule has 1 aliphatic rings. The van der Waals surface area contributed by atoms with Crippen molar-refractivity contribution in [3.63, 3.8) is 0 Å². The van der Waals surface area contributed by atoms with Crippen LogP contribution in [0.2, 0.25) is 0 Å². The highest BCUT2D eigenvalue weighted by molar-refractivity contribution is 7.99. The van der Waals surface area contributed by atoms with Crippen LogP contribution in [0.25, 0.3) is 0 Å². The van der Waals surface area contributed by atoms with Crippen LogP contribution in [0.5, 0.6) is 0 Å². The number of unbranched alkanes of at least 4 members (excludes halogenated alkanes) is 3. The lowest BCUT2D eigenvalue weighted by Crippen LogP contribution is -3.00. The van der Waals surface area contributed by atoms with Gasteiger partial charge in [-0.1, -0.05) is 56.1 Å². The summed E-state index contributed by atoms with van der Waals surface area (Å²) in [6.07, 6.45) is 5.19. The molecule has 124 valence electrons. The van der Waals surface area contributed by atoms with E-state index in [1.54, 1.807) is 0 Å². The Morgan fingerprint density at radius 3 is 2.52 bits per heavy atom. The van der Waals surface area contributed by atoms with Gasteiger partial charge < -0.3 is 23.0 Å². The Bertz CT molecular complexity index is 645. The highest BCUT2D eigenvalue weighted by atomic mass is 35.5. The zero-order chi connectivity index (χ0) is 15.4. The molecule has 0 amide bonds. The number of halogens is 1. The van der Waals surface area contributed by atoms with Gasteiger partial charge in [0.2, 0.25) is 0 Å². The summed E-state index contributed by atoms with van der Waals surface area (Å²) in [5.74, 6) is 0. The Kier molecular flexibility index (Phi) is 6.82. The molecule has 2 nitrogen and oxygen atoms in total. The summed E-state index contributed by atoms with van der Waals surface area (Å²) >= 11 is 1.89. The number of fused-ring (bicyclic) bond motifs is 2. The largest absolute Gasteiger partial charge is 1.00 e. The molecule has 0 radical (unpaired) electrons. The predicted octanol–water partition coefficient (Wildman–Crippen LogP) is 1.62. The van der Waals surface area contributed by atoms with Crippen molar-refractivity contribution >= 4 is 23.1 Å². The van der Waals surface area contributed by atoms with Crippen LogP contribution in [0, 0.1) is 0 Å². The summed E-state index contributed by atoms with van der Waals surface area (Å²) in [4.78, 5) is 5.24. The zero-order valence-corrected chi connectivity index (χ0v) is 15.3. The van der Waals surface area contributed by atoms with E-state index in [1.165, 1.54) is 52.4 Å². The van der Waals surface area contributed by atoms with Gasteiger partial charge in [-0.3, -0.25) is 0 Å². The van der Waals surface area contributed by atoms with Gasteiger partial charge in [-0.2, -0.15) is 0 Å². The normalized spacial score (nSPS) is 12.3. The van der Waals surface area contributed by atoms with Crippen LogP contribution >= 0.6 is 11.8 Å². The summed E-state index contributed by atoms with van der Waals surface area (Å²) in [6.45, 7) is 4.22. The maximum absolute atomic E-state index is 4.02. The molecule has 0 atom stereocenters. The van der Waals surface area contributed by atoms with E-state index >= 15 is 0 Å². The maximum Gasteiger partial charge on any atom is 0.0997 e. The Balaban J connectivity index is 0.00000192. The fourth-order valence-corrected chi connectivity index (χ4v) is 4.13. The number of rotatable bonds is 6. The van der Waals surface area contributed by atoms with Gasteiger partial charge in [-0.05, 0) is 30.7 Å². The van der Waals surface area contributed by atoms with Gasteiger partial charge in [0, 0.05) is 21.9 Å². The topological polar surface area (TPSA) is 30.9 Å². The molecule has 3 N–H and O–H groups in total. The maximum atomic E-state index is 4.02. The summed E-state index contributed by atoms with van der Waals surface area (Å²) in [5.41, 5.74) is 8.05. The van der Waals surface area contributed by atoms with E-state index in [2.05, 4.69) is 60.0 Å². The van der Waals surface area contributed by atoms with E-state index < -0.39 is 0 Å². The first kappa shape index (κ1) is 18.2. The number of para-hydroxylation sites is 1. The molecule has 2 aromatic rings. The molecule has 0 aromatic heterocycles. The van der Waals surface area contributed by atoms with E-state index in [-0.39, 0.29) is 12.4 Å². The summed E-state index contributed by atoms with van der Waals surface area (Å²) in [5, 5.41) is 0. The fourth-order valence-electron chi connectivity index (χ4n) is 2.97. The molecule has 0 saturated carbocycles. The molecule has 0 aliphatic carbocycles. The van der Waals surface area contributed by atoms with Crippen molar-refractivity contribution in [1.29, 1.82) is 0 Å². The van der Waals surface area contributed by atoms with Crippen LogP contribution in [0.1, 0.15) is 38.2 Å². The van der Waals surface area contributed by atoms with E-state index in [4.69, 9.17) is 0 Å². The highest BCUT2D eigenvalue weighted by Crippen LogP contribution is 2.48. The average Bonchev–Trinajstić information content (AvgIpc) is 2.57. The Morgan fingerprint density at radius 2 is 1.74 bits per heavy atom. The van der Waals surface area contributed by atoms with E-state index in [1.807, 2.05) is 11.8 Å². The van der Waals surface area contributed by atoms with E-state index in [9.17, 15) is 0 Å². The second-order valence-electron chi connectivity index (χ2n) is 5.83. The van der Waals surface area contributed by atoms with Crippen molar-refractivity contribution in [2.75, 3.05) is 11.4 Å². The lowest BCUT2D eigenvalue weighted by atomic mass is 10.1. The molecule has 1 heterocycles. The summed E-state index contributed by atoms with van der Waals surface area (Å²) < 4.78 is 0. The van der Waals surface area contributed by atoms with Gasteiger partial charge in [0.25, 0.3) is 0 Å². The van der Waals surface area contributed by atoms with Crippen molar-refractivity contribution in [2.45, 2.75) is 48.9 Å². The standard InChI is InChI=1S/C19H24N2S.ClH/c1-2-3-4-7-12-21-16-8-5-6-9-18(16)22-19-13-15(14-20)10-11-17(19)21;/h5-6,8-11,13H,2-4,7,12,14,20H2,1H3;1H. The van der Waals surface area contributed by atoms with Gasteiger partial charge >= 0.3 is 0 Å². The fraction of sp³-hybridized carbons (Fsp3) is 0.368. The SMILES string of the molecule is CCCCCCN1c2ccccc2Sc2cc(C[NH3+])ccc21.[Cl-]. The second-order valence-corrected chi connectivity index (χ2v) is 6.92. The molecule has 4 heteroatoms. The second kappa shape index (κ2) is 8.62. The molecule has 0 unspecified atom stereocenters. The minimum Gasteiger partial charge on any atom is -1.00 e. The number of hydrogen-bond donors (Lipinski definition) is 1. The smallest absolute Gasteiger partial charge is 0.0997 e. The molecule has 0 saturated heterocycles. The van der Waals surface area contributed by atoms with Crippen molar-refractivity contribution in [3.05, 3.63) is 48.0 Å². The molecule has 2 aromatic carbocycles. The van der Waals surface area contributed by atoms with Gasteiger partial charge in [0.15, 0.2) is 0 Å². The highest BCUT2D eigenvalue weighted by Gasteiger charge is 2.22. The number of anilines is 2. The first-order valence-electron chi connectivity index (χ1n) is 8.30. The minimum atomic E-state index is 0. The van der Waals surface area contributed by atoms with Gasteiger partial charge in [0.05, 0.1) is 17.9 Å². The predicted molar refractivity (Wildman–Crippen MR) is 94.7 cm³/mol. The quantitative estimate of drug-likeness (QED) is 0.804. The molecule has 3 rings (SSSR count). The van der Waals surface area contributed by atoms with Gasteiger partial charge in [-0.25, -0.2) is 0 Å². The van der Waals surface area contributed by atoms with Crippen molar-refractivity contribution in [3.8, 4) is 0 Å². The van der Waals surface area contributed by atoms with Crippen LogP contribution in [-0.4, -0.2) is 6.54 Å². The van der Waals surface area contributed by atoms with Gasteiger partial charge in [0.1, 0.15) is 0 Å². The average molecular weight is 349 g/mol. The molecular formula is C19H25ClN2S. The lowest BCUT2D eigenvalue weighted by Gasteiger charge is -2.33. The van der Waals surface area contributed by atoms with Gasteiger partial charge in [-0.15, -0.1) is 0 Å². The van der Waals surface area contributed by atoms with Crippen LogP contribution in [0.3, 0.4) is 0 Å². The molecule has 1 aliphatic heterocycles.